The molecule has 0 aliphatic carbocycles. The summed E-state index contributed by atoms with van der Waals surface area (Å²) in [5.74, 6) is -0.154. The third kappa shape index (κ3) is 3.22. The van der Waals surface area contributed by atoms with Crippen LogP contribution in [0.3, 0.4) is 0 Å². The van der Waals surface area contributed by atoms with Crippen LogP contribution in [0.4, 0.5) is 0 Å². The van der Waals surface area contributed by atoms with E-state index >= 15 is 0 Å². The van der Waals surface area contributed by atoms with Crippen molar-refractivity contribution in [2.24, 2.45) is 7.05 Å². The third-order valence-corrected chi connectivity index (χ3v) is 4.03. The molecule has 0 aliphatic heterocycles. The van der Waals surface area contributed by atoms with Crippen molar-refractivity contribution in [2.75, 3.05) is 6.54 Å². The predicted octanol–water partition coefficient (Wildman–Crippen LogP) is 1.44. The molecule has 0 aliphatic rings. The van der Waals surface area contributed by atoms with Gasteiger partial charge in [-0.25, -0.2) is 4.98 Å². The summed E-state index contributed by atoms with van der Waals surface area (Å²) in [5, 5.41) is 14.3. The first-order valence-electron chi connectivity index (χ1n) is 7.86. The second-order valence-electron chi connectivity index (χ2n) is 5.75. The van der Waals surface area contributed by atoms with Crippen LogP contribution in [0.5, 0.6) is 0 Å². The van der Waals surface area contributed by atoms with Crippen LogP contribution in [-0.2, 0) is 13.6 Å². The van der Waals surface area contributed by atoms with Gasteiger partial charge in [0, 0.05) is 43.8 Å². The number of nitrogens with one attached hydrogen (secondary N) is 2. The molecule has 126 valence electrons. The largest absolute Gasteiger partial charge is 0.351 e. The van der Waals surface area contributed by atoms with E-state index < -0.39 is 0 Å². The summed E-state index contributed by atoms with van der Waals surface area (Å²) in [4.78, 5) is 16.2. The van der Waals surface area contributed by atoms with Gasteiger partial charge >= 0.3 is 0 Å². The Hall–Kier alpha value is -2.90. The van der Waals surface area contributed by atoms with Gasteiger partial charge in [-0.15, -0.1) is 0 Å². The molecular formula is C16H21N7O. The zero-order chi connectivity index (χ0) is 17.1. The number of aromatic nitrogens is 6. The first-order valence-corrected chi connectivity index (χ1v) is 7.86. The minimum Gasteiger partial charge on any atom is -0.351 e. The van der Waals surface area contributed by atoms with Crippen LogP contribution in [0, 0.1) is 13.8 Å². The van der Waals surface area contributed by atoms with Gasteiger partial charge in [0.25, 0.3) is 5.91 Å². The molecule has 2 N–H and O–H groups in total. The number of nitrogens with zero attached hydrogens (tertiary/aromatic N) is 5. The van der Waals surface area contributed by atoms with Crippen LogP contribution in [0.1, 0.15) is 28.3 Å². The molecule has 3 rings (SSSR count). The Morgan fingerprint density at radius 3 is 2.88 bits per heavy atom. The maximum Gasteiger partial charge on any atom is 0.269 e. The lowest BCUT2D eigenvalue weighted by molar-refractivity contribution is 0.0947. The van der Waals surface area contributed by atoms with E-state index in [4.69, 9.17) is 0 Å². The van der Waals surface area contributed by atoms with Gasteiger partial charge in [0.1, 0.15) is 5.69 Å². The molecule has 0 saturated carbocycles. The minimum atomic E-state index is -0.154. The van der Waals surface area contributed by atoms with Crippen molar-refractivity contribution >= 4 is 5.91 Å². The Balaban J connectivity index is 1.59. The highest BCUT2D eigenvalue weighted by molar-refractivity contribution is 5.93. The number of H-pyrrole nitrogens is 1. The number of aryl methyl sites for hydroxylation is 3. The number of carbonyl (C=O) groups is 1. The Labute approximate surface area is 139 Å². The highest BCUT2D eigenvalue weighted by atomic mass is 16.1. The second-order valence-corrected chi connectivity index (χ2v) is 5.75. The van der Waals surface area contributed by atoms with Gasteiger partial charge in [-0.05, 0) is 26.3 Å². The van der Waals surface area contributed by atoms with Crippen molar-refractivity contribution in [3.63, 3.8) is 0 Å². The maximum absolute atomic E-state index is 12.2. The lowest BCUT2D eigenvalue weighted by Gasteiger charge is -2.04. The molecule has 0 unspecified atom stereocenters. The summed E-state index contributed by atoms with van der Waals surface area (Å²) < 4.78 is 3.80. The van der Waals surface area contributed by atoms with Crippen molar-refractivity contribution in [2.45, 2.75) is 26.8 Å². The van der Waals surface area contributed by atoms with Crippen LogP contribution in [0.2, 0.25) is 0 Å². The Bertz CT molecular complexity index is 829. The molecule has 1 amide bonds. The Morgan fingerprint density at radius 2 is 2.21 bits per heavy atom. The number of rotatable bonds is 6. The van der Waals surface area contributed by atoms with E-state index in [9.17, 15) is 4.79 Å². The second kappa shape index (κ2) is 6.69. The third-order valence-electron chi connectivity index (χ3n) is 4.03. The number of carbonyl (C=O) groups excluding carboxylic acids is 1. The lowest BCUT2D eigenvalue weighted by Crippen LogP contribution is -2.25. The van der Waals surface area contributed by atoms with Gasteiger partial charge in [0.05, 0.1) is 17.7 Å². The molecule has 24 heavy (non-hydrogen) atoms. The normalized spacial score (nSPS) is 11.0. The summed E-state index contributed by atoms with van der Waals surface area (Å²) in [7, 11) is 1.90. The molecule has 3 aromatic heterocycles. The smallest absolute Gasteiger partial charge is 0.269 e. The molecular weight excluding hydrogens is 306 g/mol. The van der Waals surface area contributed by atoms with Crippen molar-refractivity contribution in [1.82, 2.24) is 34.8 Å². The standard InChI is InChI=1S/C16H21N7O/c1-11-15(12(2)22(3)21-11)13-9-14(20-19-13)16(24)18-5-4-7-23-8-6-17-10-23/h6,8-10H,4-5,7H2,1-3H3,(H,18,24)(H,19,20). The van der Waals surface area contributed by atoms with E-state index in [-0.39, 0.29) is 5.91 Å². The minimum absolute atomic E-state index is 0.154. The van der Waals surface area contributed by atoms with Crippen LogP contribution < -0.4 is 5.32 Å². The monoisotopic (exact) mass is 327 g/mol. The number of imidazole rings is 1. The molecule has 0 fully saturated rings. The van der Waals surface area contributed by atoms with Crippen LogP contribution >= 0.6 is 0 Å². The number of amides is 1. The fourth-order valence-electron chi connectivity index (χ4n) is 2.69. The van der Waals surface area contributed by atoms with E-state index in [0.717, 1.165) is 35.6 Å². The summed E-state index contributed by atoms with van der Waals surface area (Å²) in [6.45, 7) is 5.34. The SMILES string of the molecule is Cc1nn(C)c(C)c1-c1cc(C(=O)NCCCn2ccnc2)[nH]n1. The molecule has 0 bridgehead atoms. The van der Waals surface area contributed by atoms with Gasteiger partial charge < -0.3 is 9.88 Å². The summed E-state index contributed by atoms with van der Waals surface area (Å²) in [6.07, 6.45) is 6.25. The molecule has 8 heteroatoms. The van der Waals surface area contributed by atoms with Crippen molar-refractivity contribution in [3.05, 3.63) is 41.9 Å². The summed E-state index contributed by atoms with van der Waals surface area (Å²) in [6, 6.07) is 1.77. The summed E-state index contributed by atoms with van der Waals surface area (Å²) in [5.41, 5.74) is 4.07. The van der Waals surface area contributed by atoms with Crippen molar-refractivity contribution < 1.29 is 4.79 Å². The van der Waals surface area contributed by atoms with Gasteiger partial charge in [-0.2, -0.15) is 10.2 Å². The zero-order valence-electron chi connectivity index (χ0n) is 14.1. The van der Waals surface area contributed by atoms with Gasteiger partial charge in [-0.1, -0.05) is 0 Å². The van der Waals surface area contributed by atoms with E-state index in [2.05, 4.69) is 25.6 Å². The first kappa shape index (κ1) is 16.0. The van der Waals surface area contributed by atoms with Gasteiger partial charge in [0.15, 0.2) is 0 Å². The van der Waals surface area contributed by atoms with Gasteiger partial charge in [-0.3, -0.25) is 14.6 Å². The molecule has 3 heterocycles. The molecule has 0 atom stereocenters. The fraction of sp³-hybridized carbons (Fsp3) is 0.375. The fourth-order valence-corrected chi connectivity index (χ4v) is 2.69. The highest BCUT2D eigenvalue weighted by Gasteiger charge is 2.16. The Kier molecular flexibility index (Phi) is 4.45. The molecule has 0 aromatic carbocycles. The maximum atomic E-state index is 12.2. The highest BCUT2D eigenvalue weighted by Crippen LogP contribution is 2.25. The number of aromatic amines is 1. The molecule has 0 saturated heterocycles. The predicted molar refractivity (Wildman–Crippen MR) is 89.4 cm³/mol. The number of hydrogen-bond donors (Lipinski definition) is 2. The topological polar surface area (TPSA) is 93.4 Å². The zero-order valence-corrected chi connectivity index (χ0v) is 14.1. The molecule has 0 spiro atoms. The quantitative estimate of drug-likeness (QED) is 0.670. The Morgan fingerprint density at radius 1 is 1.38 bits per heavy atom. The van der Waals surface area contributed by atoms with Crippen LogP contribution in [0.15, 0.2) is 24.8 Å². The van der Waals surface area contributed by atoms with Crippen molar-refractivity contribution in [1.29, 1.82) is 0 Å². The lowest BCUT2D eigenvalue weighted by atomic mass is 10.1. The average molecular weight is 327 g/mol. The first-order chi connectivity index (χ1) is 11.6. The average Bonchev–Trinajstić information content (AvgIpc) is 3.26. The number of hydrogen-bond acceptors (Lipinski definition) is 4. The van der Waals surface area contributed by atoms with E-state index in [0.29, 0.717) is 12.2 Å². The molecule has 3 aromatic rings. The van der Waals surface area contributed by atoms with Gasteiger partial charge in [0.2, 0.25) is 0 Å². The van der Waals surface area contributed by atoms with Crippen LogP contribution in [-0.4, -0.2) is 42.0 Å². The molecule has 8 nitrogen and oxygen atoms in total. The van der Waals surface area contributed by atoms with Crippen molar-refractivity contribution in [3.8, 4) is 11.3 Å². The van der Waals surface area contributed by atoms with E-state index in [1.807, 2.05) is 36.3 Å². The van der Waals surface area contributed by atoms with E-state index in [1.54, 1.807) is 18.6 Å². The van der Waals surface area contributed by atoms with E-state index in [1.165, 1.54) is 0 Å². The summed E-state index contributed by atoms with van der Waals surface area (Å²) >= 11 is 0. The molecule has 0 radical (unpaired) electrons. The van der Waals surface area contributed by atoms with Crippen LogP contribution in [0.25, 0.3) is 11.3 Å².